The summed E-state index contributed by atoms with van der Waals surface area (Å²) in [5, 5.41) is 20.0. The van der Waals surface area contributed by atoms with Gasteiger partial charge in [0.1, 0.15) is 11.6 Å². The lowest BCUT2D eigenvalue weighted by molar-refractivity contribution is 0.471. The zero-order valence-corrected chi connectivity index (χ0v) is 17.1. The molecule has 5 nitrogen and oxygen atoms in total. The third-order valence-corrected chi connectivity index (χ3v) is 5.53. The molecule has 5 rings (SSSR count). The van der Waals surface area contributed by atoms with Crippen LogP contribution in [0.3, 0.4) is 0 Å². The van der Waals surface area contributed by atoms with Crippen molar-refractivity contribution in [2.45, 2.75) is 12.5 Å². The molecule has 4 aromatic rings. The minimum absolute atomic E-state index is 0.000468. The average Bonchev–Trinajstić information content (AvgIpc) is 3.44. The number of aromatic hydroxyl groups is 1. The molecule has 3 aromatic carbocycles. The highest BCUT2D eigenvalue weighted by molar-refractivity contribution is 6.30. The Kier molecular flexibility index (Phi) is 4.92. The van der Waals surface area contributed by atoms with Gasteiger partial charge in [-0.3, -0.25) is 0 Å². The average molecular weight is 433 g/mol. The van der Waals surface area contributed by atoms with E-state index in [-0.39, 0.29) is 11.8 Å². The molecule has 0 spiro atoms. The Bertz CT molecular complexity index is 1270. The van der Waals surface area contributed by atoms with Crippen LogP contribution in [0.2, 0.25) is 5.02 Å². The van der Waals surface area contributed by atoms with Crippen molar-refractivity contribution in [2.75, 3.05) is 0 Å². The molecule has 154 valence electrons. The van der Waals surface area contributed by atoms with E-state index in [2.05, 4.69) is 10.5 Å². The van der Waals surface area contributed by atoms with Gasteiger partial charge < -0.3 is 10.5 Å². The van der Waals surface area contributed by atoms with Crippen molar-refractivity contribution in [2.24, 2.45) is 5.10 Å². The maximum absolute atomic E-state index is 13.7. The second kappa shape index (κ2) is 7.89. The van der Waals surface area contributed by atoms with Gasteiger partial charge >= 0.3 is 0 Å². The molecule has 0 aliphatic carbocycles. The van der Waals surface area contributed by atoms with Crippen LogP contribution < -0.4 is 5.43 Å². The number of para-hydroxylation sites is 1. The molecular formula is C24H18ClFN4O. The molecule has 1 aliphatic rings. The topological polar surface area (TPSA) is 62.4 Å². The van der Waals surface area contributed by atoms with E-state index < -0.39 is 5.82 Å². The smallest absolute Gasteiger partial charge is 0.124 e. The lowest BCUT2D eigenvalue weighted by atomic mass is 9.97. The lowest BCUT2D eigenvalue weighted by Gasteiger charge is -2.10. The third-order valence-electron chi connectivity index (χ3n) is 5.28. The normalized spacial score (nSPS) is 15.5. The highest BCUT2D eigenvalue weighted by Crippen LogP contribution is 2.34. The predicted octanol–water partition coefficient (Wildman–Crippen LogP) is 5.48. The summed E-state index contributed by atoms with van der Waals surface area (Å²) in [7, 11) is 0. The first kappa shape index (κ1) is 19.3. The van der Waals surface area contributed by atoms with Gasteiger partial charge in [0, 0.05) is 34.3 Å². The van der Waals surface area contributed by atoms with E-state index in [1.807, 2.05) is 65.5 Å². The Hall–Kier alpha value is -3.64. The van der Waals surface area contributed by atoms with Crippen LogP contribution in [0, 0.1) is 5.82 Å². The first-order valence-electron chi connectivity index (χ1n) is 9.80. The molecule has 0 fully saturated rings. The summed E-state index contributed by atoms with van der Waals surface area (Å²) in [6.45, 7) is 0. The van der Waals surface area contributed by atoms with Gasteiger partial charge in [-0.1, -0.05) is 41.9 Å². The Morgan fingerprint density at radius 2 is 1.81 bits per heavy atom. The van der Waals surface area contributed by atoms with Crippen LogP contribution in [-0.2, 0) is 0 Å². The summed E-state index contributed by atoms with van der Waals surface area (Å²) >= 11 is 6.07. The Balaban J connectivity index is 1.53. The van der Waals surface area contributed by atoms with E-state index in [1.165, 1.54) is 18.2 Å². The molecule has 7 heteroatoms. The Morgan fingerprint density at radius 1 is 1.03 bits per heavy atom. The second-order valence-corrected chi connectivity index (χ2v) is 7.76. The molecule has 0 radical (unpaired) electrons. The van der Waals surface area contributed by atoms with Crippen molar-refractivity contribution in [3.8, 4) is 22.7 Å². The number of hydrogen-bond donors (Lipinski definition) is 2. The number of rotatable bonds is 4. The van der Waals surface area contributed by atoms with Crippen molar-refractivity contribution in [3.05, 3.63) is 101 Å². The van der Waals surface area contributed by atoms with Gasteiger partial charge in [0.05, 0.1) is 23.1 Å². The van der Waals surface area contributed by atoms with Gasteiger partial charge in [0.15, 0.2) is 0 Å². The quantitative estimate of drug-likeness (QED) is 0.449. The fourth-order valence-corrected chi connectivity index (χ4v) is 3.84. The summed E-state index contributed by atoms with van der Waals surface area (Å²) in [5.41, 5.74) is 7.72. The molecule has 1 aromatic heterocycles. The van der Waals surface area contributed by atoms with E-state index in [1.54, 1.807) is 0 Å². The minimum atomic E-state index is -0.419. The van der Waals surface area contributed by atoms with Crippen LogP contribution in [0.1, 0.15) is 23.6 Å². The molecule has 2 heterocycles. The van der Waals surface area contributed by atoms with Crippen LogP contribution in [0.5, 0.6) is 5.75 Å². The largest absolute Gasteiger partial charge is 0.507 e. The molecule has 1 aliphatic heterocycles. The number of nitrogens with zero attached hydrogens (tertiary/aromatic N) is 3. The summed E-state index contributed by atoms with van der Waals surface area (Å²) < 4.78 is 15.6. The number of halogens is 2. The van der Waals surface area contributed by atoms with Crippen molar-refractivity contribution < 1.29 is 9.50 Å². The van der Waals surface area contributed by atoms with Gasteiger partial charge in [0.25, 0.3) is 0 Å². The first-order valence-corrected chi connectivity index (χ1v) is 10.2. The Labute approximate surface area is 183 Å². The van der Waals surface area contributed by atoms with Crippen LogP contribution in [0.4, 0.5) is 4.39 Å². The maximum Gasteiger partial charge on any atom is 0.124 e. The molecule has 1 unspecified atom stereocenters. The highest BCUT2D eigenvalue weighted by atomic mass is 35.5. The van der Waals surface area contributed by atoms with Gasteiger partial charge in [-0.15, -0.1) is 0 Å². The molecule has 31 heavy (non-hydrogen) atoms. The van der Waals surface area contributed by atoms with Crippen molar-refractivity contribution >= 4 is 17.3 Å². The monoisotopic (exact) mass is 432 g/mol. The van der Waals surface area contributed by atoms with Gasteiger partial charge in [0.2, 0.25) is 0 Å². The maximum atomic E-state index is 13.7. The predicted molar refractivity (Wildman–Crippen MR) is 119 cm³/mol. The van der Waals surface area contributed by atoms with Crippen LogP contribution in [0.15, 0.2) is 84.1 Å². The van der Waals surface area contributed by atoms with Gasteiger partial charge in [-0.05, 0) is 42.5 Å². The molecule has 0 saturated heterocycles. The number of benzene rings is 3. The molecule has 0 amide bonds. The summed E-state index contributed by atoms with van der Waals surface area (Å²) in [5.74, 6) is -0.418. The number of nitrogens with one attached hydrogen (secondary N) is 1. The number of hydrogen-bond acceptors (Lipinski definition) is 4. The Morgan fingerprint density at radius 3 is 2.58 bits per heavy atom. The van der Waals surface area contributed by atoms with Crippen LogP contribution in [0.25, 0.3) is 16.9 Å². The van der Waals surface area contributed by atoms with Crippen LogP contribution >= 0.6 is 11.6 Å². The third kappa shape index (κ3) is 3.78. The minimum Gasteiger partial charge on any atom is -0.507 e. The number of hydrazone groups is 1. The van der Waals surface area contributed by atoms with E-state index in [0.29, 0.717) is 22.7 Å². The molecule has 2 N–H and O–H groups in total. The van der Waals surface area contributed by atoms with E-state index in [0.717, 1.165) is 22.5 Å². The number of phenolic OH excluding ortho intramolecular Hbond substituents is 1. The van der Waals surface area contributed by atoms with Crippen molar-refractivity contribution in [3.63, 3.8) is 0 Å². The lowest BCUT2D eigenvalue weighted by Crippen LogP contribution is -2.10. The second-order valence-electron chi connectivity index (χ2n) is 7.33. The highest BCUT2D eigenvalue weighted by Gasteiger charge is 2.28. The first-order chi connectivity index (χ1) is 15.1. The van der Waals surface area contributed by atoms with E-state index in [9.17, 15) is 9.50 Å². The van der Waals surface area contributed by atoms with Crippen molar-refractivity contribution in [1.82, 2.24) is 15.2 Å². The zero-order valence-electron chi connectivity index (χ0n) is 16.3. The summed E-state index contributed by atoms with van der Waals surface area (Å²) in [6, 6.07) is 21.0. The number of aromatic nitrogens is 2. The molecular weight excluding hydrogens is 415 g/mol. The molecule has 0 saturated carbocycles. The van der Waals surface area contributed by atoms with Gasteiger partial charge in [-0.2, -0.15) is 10.2 Å². The van der Waals surface area contributed by atoms with E-state index >= 15 is 0 Å². The number of phenols is 1. The molecule has 0 bridgehead atoms. The zero-order chi connectivity index (χ0) is 21.4. The van der Waals surface area contributed by atoms with Crippen LogP contribution in [-0.4, -0.2) is 20.6 Å². The SMILES string of the molecule is Oc1ccc(F)cc1C1=NNC(c2cn(-c3ccccc3)nc2-c2ccc(Cl)cc2)C1. The van der Waals surface area contributed by atoms with Gasteiger partial charge in [-0.25, -0.2) is 9.07 Å². The fourth-order valence-electron chi connectivity index (χ4n) is 3.72. The summed E-state index contributed by atoms with van der Waals surface area (Å²) in [4.78, 5) is 0. The fraction of sp³-hybridized carbons (Fsp3) is 0.0833. The van der Waals surface area contributed by atoms with E-state index in [4.69, 9.17) is 16.7 Å². The standard InChI is InChI=1S/C24H18ClFN4O/c25-16-8-6-15(7-9-16)24-20(14-30(29-24)18-4-2-1-3-5-18)22-13-21(27-28-22)19-12-17(26)10-11-23(19)31/h1-12,14,22,28,31H,13H2. The summed E-state index contributed by atoms with van der Waals surface area (Å²) in [6.07, 6.45) is 2.46. The van der Waals surface area contributed by atoms with Crippen molar-refractivity contribution in [1.29, 1.82) is 0 Å². The molecule has 1 atom stereocenters.